The van der Waals surface area contributed by atoms with E-state index in [0.29, 0.717) is 11.7 Å². The van der Waals surface area contributed by atoms with Crippen LogP contribution in [0.2, 0.25) is 0 Å². The zero-order chi connectivity index (χ0) is 24.9. The Hall–Kier alpha value is -4.71. The van der Waals surface area contributed by atoms with Crippen molar-refractivity contribution in [1.82, 2.24) is 19.6 Å². The Bertz CT molecular complexity index is 1770. The number of hydrogen-bond donors (Lipinski definition) is 0. The lowest BCUT2D eigenvalue weighted by atomic mass is 9.81. The molecule has 0 radical (unpaired) electrons. The molecular weight excluding hydrogens is 460 g/mol. The van der Waals surface area contributed by atoms with Gasteiger partial charge in [-0.25, -0.2) is 14.5 Å². The van der Waals surface area contributed by atoms with E-state index in [9.17, 15) is 0 Å². The number of rotatable bonds is 4. The van der Waals surface area contributed by atoms with Crippen LogP contribution in [0.4, 0.5) is 0 Å². The Morgan fingerprint density at radius 3 is 2.46 bits per heavy atom. The number of aromatic nitrogens is 4. The van der Waals surface area contributed by atoms with Crippen LogP contribution in [-0.2, 0) is 6.61 Å². The van der Waals surface area contributed by atoms with Crippen molar-refractivity contribution < 1.29 is 9.47 Å². The summed E-state index contributed by atoms with van der Waals surface area (Å²) in [6.45, 7) is 4.35. The van der Waals surface area contributed by atoms with E-state index in [2.05, 4.69) is 59.6 Å². The second-order valence-corrected chi connectivity index (χ2v) is 9.41. The number of nitrogens with zero attached hydrogens (tertiary/aromatic N) is 4. The number of aryl methyl sites for hydroxylation is 2. The van der Waals surface area contributed by atoms with Crippen molar-refractivity contribution in [2.75, 3.05) is 0 Å². The first kappa shape index (κ1) is 21.6. The Morgan fingerprint density at radius 2 is 1.62 bits per heavy atom. The highest BCUT2D eigenvalue weighted by atomic mass is 16.5. The average Bonchev–Trinajstić information content (AvgIpc) is 3.35. The lowest BCUT2D eigenvalue weighted by Gasteiger charge is -2.29. The fourth-order valence-electron chi connectivity index (χ4n) is 5.35. The third-order valence-electron chi connectivity index (χ3n) is 7.03. The van der Waals surface area contributed by atoms with Crippen LogP contribution in [0.25, 0.3) is 16.4 Å². The molecule has 0 spiro atoms. The van der Waals surface area contributed by atoms with Crippen LogP contribution in [0.1, 0.15) is 39.6 Å². The summed E-state index contributed by atoms with van der Waals surface area (Å²) in [4.78, 5) is 9.60. The maximum absolute atomic E-state index is 6.39. The molecule has 1 aliphatic rings. The summed E-state index contributed by atoms with van der Waals surface area (Å²) in [5.74, 6) is 2.72. The van der Waals surface area contributed by atoms with Crippen LogP contribution >= 0.6 is 0 Å². The molecule has 37 heavy (non-hydrogen) atoms. The van der Waals surface area contributed by atoms with Gasteiger partial charge in [-0.15, -0.1) is 5.10 Å². The molecule has 0 N–H and O–H groups in total. The minimum atomic E-state index is -0.112. The zero-order valence-electron chi connectivity index (χ0n) is 20.6. The van der Waals surface area contributed by atoms with E-state index in [1.54, 1.807) is 10.8 Å². The van der Waals surface area contributed by atoms with E-state index in [-0.39, 0.29) is 12.5 Å². The number of para-hydroxylation sites is 1. The quantitative estimate of drug-likeness (QED) is 0.276. The van der Waals surface area contributed by atoms with Gasteiger partial charge in [0.1, 0.15) is 24.4 Å². The Kier molecular flexibility index (Phi) is 4.92. The van der Waals surface area contributed by atoms with Crippen molar-refractivity contribution in [2.24, 2.45) is 0 Å². The van der Waals surface area contributed by atoms with Gasteiger partial charge in [0, 0.05) is 11.5 Å². The van der Waals surface area contributed by atoms with Crippen molar-refractivity contribution in [1.29, 1.82) is 0 Å². The van der Waals surface area contributed by atoms with Gasteiger partial charge in [0.05, 0.1) is 5.56 Å². The zero-order valence-corrected chi connectivity index (χ0v) is 20.6. The number of fused-ring (bicyclic) bond motifs is 6. The van der Waals surface area contributed by atoms with Gasteiger partial charge in [-0.1, -0.05) is 78.9 Å². The monoisotopic (exact) mass is 484 g/mol. The Balaban J connectivity index is 1.39. The van der Waals surface area contributed by atoms with Gasteiger partial charge in [-0.05, 0) is 47.4 Å². The van der Waals surface area contributed by atoms with Crippen molar-refractivity contribution >= 4 is 16.4 Å². The van der Waals surface area contributed by atoms with E-state index < -0.39 is 0 Å². The largest absolute Gasteiger partial charge is 0.485 e. The molecule has 0 bridgehead atoms. The molecule has 2 aromatic heterocycles. The first-order valence-corrected chi connectivity index (χ1v) is 12.3. The molecule has 4 aromatic carbocycles. The summed E-state index contributed by atoms with van der Waals surface area (Å²) in [5, 5.41) is 7.02. The second kappa shape index (κ2) is 8.45. The number of ether oxygens (including phenoxy) is 2. The SMILES string of the molecule is Cc1cccc(C)c1OCc1nc2c3c(ncn2n1)Oc1ccc2ccccc2c1[C@H]3c1ccccc1. The van der Waals surface area contributed by atoms with E-state index in [4.69, 9.17) is 19.6 Å². The van der Waals surface area contributed by atoms with Gasteiger partial charge in [-0.2, -0.15) is 0 Å². The number of hydrogen-bond acceptors (Lipinski definition) is 5. The minimum absolute atomic E-state index is 0.112. The highest BCUT2D eigenvalue weighted by Gasteiger charge is 2.34. The number of benzene rings is 4. The third kappa shape index (κ3) is 3.52. The molecule has 1 aliphatic heterocycles. The van der Waals surface area contributed by atoms with Crippen LogP contribution < -0.4 is 9.47 Å². The van der Waals surface area contributed by atoms with Gasteiger partial charge >= 0.3 is 0 Å². The molecule has 0 fully saturated rings. The molecule has 0 saturated carbocycles. The fraction of sp³-hybridized carbons (Fsp3) is 0.129. The van der Waals surface area contributed by atoms with Crippen LogP contribution in [-0.4, -0.2) is 19.6 Å². The molecule has 0 saturated heterocycles. The van der Waals surface area contributed by atoms with Crippen LogP contribution in [0.5, 0.6) is 17.4 Å². The van der Waals surface area contributed by atoms with Crippen molar-refractivity contribution in [2.45, 2.75) is 26.4 Å². The summed E-state index contributed by atoms with van der Waals surface area (Å²) in [6.07, 6.45) is 1.66. The summed E-state index contributed by atoms with van der Waals surface area (Å²) >= 11 is 0. The van der Waals surface area contributed by atoms with E-state index in [0.717, 1.165) is 50.3 Å². The molecule has 0 unspecified atom stereocenters. The normalized spacial score (nSPS) is 14.3. The highest BCUT2D eigenvalue weighted by Crippen LogP contribution is 2.50. The van der Waals surface area contributed by atoms with Crippen LogP contribution in [0, 0.1) is 13.8 Å². The Labute approximate surface area is 214 Å². The van der Waals surface area contributed by atoms with Gasteiger partial charge in [0.25, 0.3) is 0 Å². The molecule has 180 valence electrons. The van der Waals surface area contributed by atoms with Crippen molar-refractivity contribution in [3.63, 3.8) is 0 Å². The molecule has 7 rings (SSSR count). The lowest BCUT2D eigenvalue weighted by Crippen LogP contribution is -2.15. The third-order valence-corrected chi connectivity index (χ3v) is 7.03. The molecular formula is C31H24N4O2. The van der Waals surface area contributed by atoms with Crippen molar-refractivity contribution in [3.8, 4) is 17.4 Å². The standard InChI is InChI=1S/C31H24N4O2/c1-19-9-8-10-20(2)29(19)36-17-25-33-30-28-26(22-12-4-3-5-13-22)27-23-14-7-6-11-21(23)15-16-24(27)37-31(28)32-18-35(30)34-25/h3-16,18,26H,17H2,1-2H3/t26-/m1/s1. The van der Waals surface area contributed by atoms with Crippen LogP contribution in [0.15, 0.2) is 91.3 Å². The van der Waals surface area contributed by atoms with Gasteiger partial charge in [-0.3, -0.25) is 0 Å². The molecule has 1 atom stereocenters. The molecule has 6 nitrogen and oxygen atoms in total. The average molecular weight is 485 g/mol. The first-order chi connectivity index (χ1) is 18.2. The molecule has 3 heterocycles. The van der Waals surface area contributed by atoms with E-state index in [1.807, 2.05) is 44.2 Å². The summed E-state index contributed by atoms with van der Waals surface area (Å²) in [6, 6.07) is 29.1. The van der Waals surface area contributed by atoms with Crippen molar-refractivity contribution in [3.05, 3.63) is 125 Å². The molecule has 6 heteroatoms. The lowest BCUT2D eigenvalue weighted by molar-refractivity contribution is 0.292. The Morgan fingerprint density at radius 1 is 0.838 bits per heavy atom. The molecule has 0 aliphatic carbocycles. The van der Waals surface area contributed by atoms with Gasteiger partial charge < -0.3 is 9.47 Å². The smallest absolute Gasteiger partial charge is 0.228 e. The van der Waals surface area contributed by atoms with E-state index >= 15 is 0 Å². The fourth-order valence-corrected chi connectivity index (χ4v) is 5.35. The van der Waals surface area contributed by atoms with Gasteiger partial charge in [0.2, 0.25) is 5.88 Å². The summed E-state index contributed by atoms with van der Waals surface area (Å²) in [5.41, 5.74) is 6.06. The van der Waals surface area contributed by atoms with Gasteiger partial charge in [0.15, 0.2) is 11.5 Å². The second-order valence-electron chi connectivity index (χ2n) is 9.41. The molecule has 0 amide bonds. The maximum atomic E-state index is 6.39. The summed E-state index contributed by atoms with van der Waals surface area (Å²) < 4.78 is 14.3. The molecule has 6 aromatic rings. The predicted molar refractivity (Wildman–Crippen MR) is 142 cm³/mol. The first-order valence-electron chi connectivity index (χ1n) is 12.3. The van der Waals surface area contributed by atoms with E-state index in [1.165, 1.54) is 5.39 Å². The minimum Gasteiger partial charge on any atom is -0.485 e. The topological polar surface area (TPSA) is 61.5 Å². The maximum Gasteiger partial charge on any atom is 0.228 e. The highest BCUT2D eigenvalue weighted by molar-refractivity contribution is 5.90. The predicted octanol–water partition coefficient (Wildman–Crippen LogP) is 6.76. The summed E-state index contributed by atoms with van der Waals surface area (Å²) in [7, 11) is 0. The van der Waals surface area contributed by atoms with Crippen LogP contribution in [0.3, 0.4) is 0 Å².